The van der Waals surface area contributed by atoms with Crippen LogP contribution in [-0.4, -0.2) is 46.7 Å². The average molecular weight is 395 g/mol. The molecule has 1 fully saturated rings. The number of aliphatic carboxylic acids is 1. The molecular weight excluding hydrogens is 364 g/mol. The van der Waals surface area contributed by atoms with Gasteiger partial charge < -0.3 is 20.1 Å². The molecule has 1 unspecified atom stereocenters. The van der Waals surface area contributed by atoms with Crippen molar-refractivity contribution < 1.29 is 24.9 Å². The zero-order chi connectivity index (χ0) is 19.6. The number of carbonyl (C=O) groups is 1. The molecule has 0 amide bonds. The number of aliphatic hydroxyl groups excluding tert-OH is 2. The van der Waals surface area contributed by atoms with Gasteiger partial charge in [0.25, 0.3) is 0 Å². The first-order chi connectivity index (χ1) is 13.0. The number of ether oxygens (including phenoxy) is 1. The van der Waals surface area contributed by atoms with Crippen molar-refractivity contribution in [2.24, 2.45) is 11.8 Å². The summed E-state index contributed by atoms with van der Waals surface area (Å²) in [4.78, 5) is 13.0. The smallest absolute Gasteiger partial charge is 0.329 e. The fraction of sp³-hybridized carbons (Fsp3) is 0.571. The van der Waals surface area contributed by atoms with Crippen LogP contribution < -0.4 is 0 Å². The largest absolute Gasteiger partial charge is 0.480 e. The van der Waals surface area contributed by atoms with Crippen LogP contribution in [0.4, 0.5) is 0 Å². The second-order valence-electron chi connectivity index (χ2n) is 7.09. The summed E-state index contributed by atoms with van der Waals surface area (Å²) >= 11 is 1.77. The van der Waals surface area contributed by atoms with Crippen LogP contribution in [0.5, 0.6) is 0 Å². The Kier molecular flexibility index (Phi) is 9.21. The van der Waals surface area contributed by atoms with Crippen molar-refractivity contribution >= 4 is 17.3 Å². The third-order valence-corrected chi connectivity index (χ3v) is 5.98. The number of rotatable bonds is 11. The van der Waals surface area contributed by atoms with E-state index in [1.54, 1.807) is 17.4 Å². The van der Waals surface area contributed by atoms with Crippen molar-refractivity contribution in [3.63, 3.8) is 0 Å². The normalized spacial score (nSPS) is 24.2. The van der Waals surface area contributed by atoms with Crippen molar-refractivity contribution in [1.29, 1.82) is 0 Å². The van der Waals surface area contributed by atoms with Gasteiger partial charge in [0.2, 0.25) is 0 Å². The van der Waals surface area contributed by atoms with Gasteiger partial charge in [0, 0.05) is 9.75 Å². The van der Waals surface area contributed by atoms with Crippen molar-refractivity contribution in [2.75, 3.05) is 13.2 Å². The maximum atomic E-state index is 10.4. The molecule has 1 aliphatic carbocycles. The Morgan fingerprint density at radius 1 is 1.37 bits per heavy atom. The fourth-order valence-corrected chi connectivity index (χ4v) is 4.37. The minimum absolute atomic E-state index is 0.129. The number of allylic oxidation sites excluding steroid dienone is 2. The lowest BCUT2D eigenvalue weighted by atomic mass is 9.90. The molecule has 6 heteroatoms. The lowest BCUT2D eigenvalue weighted by molar-refractivity contribution is -0.141. The van der Waals surface area contributed by atoms with Gasteiger partial charge in [-0.1, -0.05) is 24.3 Å². The summed E-state index contributed by atoms with van der Waals surface area (Å²) in [6.45, 7) is 2.05. The van der Waals surface area contributed by atoms with E-state index >= 15 is 0 Å². The summed E-state index contributed by atoms with van der Waals surface area (Å²) in [5.74, 6) is -0.597. The Hall–Kier alpha value is -1.47. The van der Waals surface area contributed by atoms with E-state index in [-0.39, 0.29) is 31.2 Å². The van der Waals surface area contributed by atoms with Crippen molar-refractivity contribution in [3.05, 3.63) is 46.2 Å². The molecule has 1 saturated carbocycles. The maximum Gasteiger partial charge on any atom is 0.329 e. The van der Waals surface area contributed by atoms with Crippen LogP contribution in [0.25, 0.3) is 0 Å². The van der Waals surface area contributed by atoms with E-state index in [1.807, 2.05) is 12.2 Å². The molecule has 27 heavy (non-hydrogen) atoms. The molecule has 5 nitrogen and oxygen atoms in total. The number of hydrogen-bond donors (Lipinski definition) is 3. The highest BCUT2D eigenvalue weighted by molar-refractivity contribution is 7.11. The first kappa shape index (κ1) is 21.8. The topological polar surface area (TPSA) is 87.0 Å². The third-order valence-electron chi connectivity index (χ3n) is 4.92. The molecule has 150 valence electrons. The lowest BCUT2D eigenvalue weighted by Crippen LogP contribution is -2.18. The van der Waals surface area contributed by atoms with Crippen LogP contribution >= 0.6 is 11.3 Å². The molecule has 1 heterocycles. The summed E-state index contributed by atoms with van der Waals surface area (Å²) in [6, 6.07) is 4.22. The number of carboxylic acid groups (broad SMARTS) is 1. The average Bonchev–Trinajstić information content (AvgIpc) is 3.20. The Morgan fingerprint density at radius 3 is 2.89 bits per heavy atom. The number of thiophene rings is 1. The molecule has 0 saturated heterocycles. The second-order valence-corrected chi connectivity index (χ2v) is 8.46. The molecule has 0 aliphatic heterocycles. The Labute approximate surface area is 165 Å². The first-order valence-corrected chi connectivity index (χ1v) is 10.3. The van der Waals surface area contributed by atoms with Crippen LogP contribution in [0, 0.1) is 18.8 Å². The molecule has 0 bridgehead atoms. The summed E-state index contributed by atoms with van der Waals surface area (Å²) < 4.78 is 4.96. The van der Waals surface area contributed by atoms with Crippen molar-refractivity contribution in [2.45, 2.75) is 51.2 Å². The molecule has 0 spiro atoms. The van der Waals surface area contributed by atoms with E-state index in [2.05, 4.69) is 25.1 Å². The highest BCUT2D eigenvalue weighted by atomic mass is 32.1. The number of hydrogen-bond acceptors (Lipinski definition) is 5. The third kappa shape index (κ3) is 7.97. The van der Waals surface area contributed by atoms with E-state index in [4.69, 9.17) is 9.84 Å². The standard InChI is InChI=1S/C21H30O5S/c1-15-5-10-18(27-15)11-9-17(22)8-6-16-7-12-20(23)19(16)4-2-3-13-26-14-21(24)25/h2-3,5-6,8,10,16-17,19-20,22-23H,4,7,9,11-14H2,1H3,(H,24,25)/t16-,17+,19+,20?/m0/s1. The van der Waals surface area contributed by atoms with E-state index < -0.39 is 12.1 Å². The predicted octanol–water partition coefficient (Wildman–Crippen LogP) is 3.34. The summed E-state index contributed by atoms with van der Waals surface area (Å²) in [6.07, 6.45) is 10.9. The number of aryl methyl sites for hydroxylation is 2. The predicted molar refractivity (Wildman–Crippen MR) is 107 cm³/mol. The molecule has 1 aromatic heterocycles. The maximum absolute atomic E-state index is 10.4. The highest BCUT2D eigenvalue weighted by Crippen LogP contribution is 2.36. The monoisotopic (exact) mass is 394 g/mol. The minimum atomic E-state index is -0.979. The Morgan fingerprint density at radius 2 is 2.19 bits per heavy atom. The van der Waals surface area contributed by atoms with Gasteiger partial charge in [0.05, 0.1) is 18.8 Å². The Bertz CT molecular complexity index is 636. The molecule has 4 atom stereocenters. The quantitative estimate of drug-likeness (QED) is 0.396. The molecular formula is C21H30O5S. The van der Waals surface area contributed by atoms with Gasteiger partial charge in [-0.05, 0) is 63.0 Å². The van der Waals surface area contributed by atoms with Crippen LogP contribution in [0.15, 0.2) is 36.4 Å². The first-order valence-electron chi connectivity index (χ1n) is 9.50. The SMILES string of the molecule is Cc1ccc(CC[C@H](O)C=C[C@H]2CCC(O)[C@@H]2CC=CCOCC(=O)O)s1. The van der Waals surface area contributed by atoms with Crippen molar-refractivity contribution in [3.8, 4) is 0 Å². The molecule has 1 aliphatic rings. The summed E-state index contributed by atoms with van der Waals surface area (Å²) in [5.41, 5.74) is 0. The van der Waals surface area contributed by atoms with E-state index in [9.17, 15) is 15.0 Å². The zero-order valence-corrected chi connectivity index (χ0v) is 16.6. The van der Waals surface area contributed by atoms with Gasteiger partial charge in [0.1, 0.15) is 6.61 Å². The molecule has 0 radical (unpaired) electrons. The van der Waals surface area contributed by atoms with Crippen molar-refractivity contribution in [1.82, 2.24) is 0 Å². The second kappa shape index (κ2) is 11.4. The molecule has 0 aromatic carbocycles. The van der Waals surface area contributed by atoms with Gasteiger partial charge in [-0.2, -0.15) is 0 Å². The van der Waals surface area contributed by atoms with E-state index in [0.29, 0.717) is 6.42 Å². The highest BCUT2D eigenvalue weighted by Gasteiger charge is 2.32. The van der Waals surface area contributed by atoms with Crippen LogP contribution in [0.1, 0.15) is 35.4 Å². The summed E-state index contributed by atoms with van der Waals surface area (Å²) in [5, 5.41) is 29.0. The molecule has 3 N–H and O–H groups in total. The fourth-order valence-electron chi connectivity index (χ4n) is 3.46. The molecule has 2 rings (SSSR count). The van der Waals surface area contributed by atoms with Crippen LogP contribution in [0.2, 0.25) is 0 Å². The van der Waals surface area contributed by atoms with Gasteiger partial charge in [-0.3, -0.25) is 0 Å². The zero-order valence-electron chi connectivity index (χ0n) is 15.8. The summed E-state index contributed by atoms with van der Waals surface area (Å²) in [7, 11) is 0. The van der Waals surface area contributed by atoms with E-state index in [1.165, 1.54) is 9.75 Å². The van der Waals surface area contributed by atoms with Crippen LogP contribution in [0.3, 0.4) is 0 Å². The number of carboxylic acids is 1. The minimum Gasteiger partial charge on any atom is -0.480 e. The molecule has 1 aromatic rings. The van der Waals surface area contributed by atoms with Gasteiger partial charge in [-0.25, -0.2) is 4.79 Å². The lowest BCUT2D eigenvalue weighted by Gasteiger charge is -2.18. The van der Waals surface area contributed by atoms with Gasteiger partial charge in [-0.15, -0.1) is 11.3 Å². The van der Waals surface area contributed by atoms with Gasteiger partial charge in [0.15, 0.2) is 0 Å². The Balaban J connectivity index is 1.74. The van der Waals surface area contributed by atoms with Gasteiger partial charge >= 0.3 is 5.97 Å². The van der Waals surface area contributed by atoms with E-state index in [0.717, 1.165) is 25.7 Å². The number of aliphatic hydroxyl groups is 2. The van der Waals surface area contributed by atoms with Crippen LogP contribution in [-0.2, 0) is 16.0 Å².